The van der Waals surface area contributed by atoms with Crippen LogP contribution in [-0.4, -0.2) is 36.3 Å². The molecule has 1 saturated heterocycles. The predicted molar refractivity (Wildman–Crippen MR) is 77.5 cm³/mol. The summed E-state index contributed by atoms with van der Waals surface area (Å²) in [7, 11) is 0. The Morgan fingerprint density at radius 1 is 1.57 bits per heavy atom. The van der Waals surface area contributed by atoms with Crippen LogP contribution < -0.4 is 15.8 Å². The van der Waals surface area contributed by atoms with Gasteiger partial charge in [-0.05, 0) is 25.5 Å². The molecule has 2 unspecified atom stereocenters. The summed E-state index contributed by atoms with van der Waals surface area (Å²) in [5.41, 5.74) is 5.91. The molecule has 7 heteroatoms. The van der Waals surface area contributed by atoms with Crippen molar-refractivity contribution in [3.05, 3.63) is 24.3 Å². The average Bonchev–Trinajstić information content (AvgIpc) is 2.92. The standard InChI is InChI=1S/C14H19N3O4/c1-9-10(6-7-20-9)14(18)16-11-4-2-3-5-12(11)21-8-13(15)17-19/h2-5,9-10,19H,6-8H2,1H3,(H2,15,17)(H,16,18). The summed E-state index contributed by atoms with van der Waals surface area (Å²) in [6.07, 6.45) is 0.621. The smallest absolute Gasteiger partial charge is 0.230 e. The van der Waals surface area contributed by atoms with Gasteiger partial charge >= 0.3 is 0 Å². The van der Waals surface area contributed by atoms with E-state index in [0.717, 1.165) is 0 Å². The van der Waals surface area contributed by atoms with Crippen molar-refractivity contribution in [1.82, 2.24) is 0 Å². The number of anilines is 1. The van der Waals surface area contributed by atoms with E-state index in [2.05, 4.69) is 10.5 Å². The molecule has 4 N–H and O–H groups in total. The number of benzene rings is 1. The Morgan fingerprint density at radius 3 is 3.00 bits per heavy atom. The fraction of sp³-hybridized carbons (Fsp3) is 0.429. The minimum Gasteiger partial charge on any atom is -0.483 e. The highest BCUT2D eigenvalue weighted by Gasteiger charge is 2.31. The third-order valence-corrected chi connectivity index (χ3v) is 3.36. The Labute approximate surface area is 122 Å². The Bertz CT molecular complexity index is 533. The van der Waals surface area contributed by atoms with Gasteiger partial charge in [0, 0.05) is 6.61 Å². The van der Waals surface area contributed by atoms with Crippen molar-refractivity contribution in [2.24, 2.45) is 16.8 Å². The fourth-order valence-electron chi connectivity index (χ4n) is 2.18. The number of amides is 1. The third kappa shape index (κ3) is 3.85. The number of oxime groups is 1. The van der Waals surface area contributed by atoms with Crippen LogP contribution in [-0.2, 0) is 9.53 Å². The molecule has 1 aromatic rings. The fourth-order valence-corrected chi connectivity index (χ4v) is 2.18. The number of para-hydroxylation sites is 2. The highest BCUT2D eigenvalue weighted by Crippen LogP contribution is 2.27. The monoisotopic (exact) mass is 293 g/mol. The van der Waals surface area contributed by atoms with Crippen molar-refractivity contribution in [3.8, 4) is 5.75 Å². The number of nitrogens with one attached hydrogen (secondary N) is 1. The normalized spacial score (nSPS) is 22.0. The van der Waals surface area contributed by atoms with Gasteiger partial charge < -0.3 is 25.7 Å². The molecule has 1 heterocycles. The number of carbonyl (C=O) groups is 1. The number of hydrogen-bond acceptors (Lipinski definition) is 5. The topological polar surface area (TPSA) is 106 Å². The maximum atomic E-state index is 12.2. The molecule has 0 aliphatic carbocycles. The molecule has 2 atom stereocenters. The lowest BCUT2D eigenvalue weighted by molar-refractivity contribution is -0.121. The average molecular weight is 293 g/mol. The van der Waals surface area contributed by atoms with Gasteiger partial charge in [-0.25, -0.2) is 0 Å². The summed E-state index contributed by atoms with van der Waals surface area (Å²) in [6, 6.07) is 7.01. The van der Waals surface area contributed by atoms with Crippen molar-refractivity contribution in [2.45, 2.75) is 19.4 Å². The number of nitrogens with zero attached hydrogens (tertiary/aromatic N) is 1. The van der Waals surface area contributed by atoms with Crippen LogP contribution in [0.25, 0.3) is 0 Å². The van der Waals surface area contributed by atoms with Gasteiger partial charge in [-0.15, -0.1) is 0 Å². The molecular weight excluding hydrogens is 274 g/mol. The van der Waals surface area contributed by atoms with Crippen LogP contribution >= 0.6 is 0 Å². The van der Waals surface area contributed by atoms with Gasteiger partial charge in [0.1, 0.15) is 12.4 Å². The summed E-state index contributed by atoms with van der Waals surface area (Å²) in [4.78, 5) is 12.2. The molecular formula is C14H19N3O4. The van der Waals surface area contributed by atoms with Crippen LogP contribution in [0.2, 0.25) is 0 Å². The number of rotatable bonds is 5. The Balaban J connectivity index is 2.04. The molecule has 0 radical (unpaired) electrons. The summed E-state index contributed by atoms with van der Waals surface area (Å²) in [5, 5.41) is 14.2. The van der Waals surface area contributed by atoms with E-state index in [4.69, 9.17) is 20.4 Å². The van der Waals surface area contributed by atoms with Gasteiger partial charge in [-0.3, -0.25) is 4.79 Å². The summed E-state index contributed by atoms with van der Waals surface area (Å²) < 4.78 is 10.8. The van der Waals surface area contributed by atoms with Crippen LogP contribution in [0.1, 0.15) is 13.3 Å². The molecule has 0 aromatic heterocycles. The quantitative estimate of drug-likeness (QED) is 0.327. The lowest BCUT2D eigenvalue weighted by Crippen LogP contribution is -2.28. The zero-order chi connectivity index (χ0) is 15.2. The summed E-state index contributed by atoms with van der Waals surface area (Å²) in [6.45, 7) is 2.42. The van der Waals surface area contributed by atoms with E-state index in [0.29, 0.717) is 24.5 Å². The maximum Gasteiger partial charge on any atom is 0.230 e. The highest BCUT2D eigenvalue weighted by atomic mass is 16.5. The number of carbonyl (C=O) groups excluding carboxylic acids is 1. The summed E-state index contributed by atoms with van der Waals surface area (Å²) >= 11 is 0. The number of amidine groups is 1. The molecule has 7 nitrogen and oxygen atoms in total. The molecule has 1 amide bonds. The Hall–Kier alpha value is -2.28. The zero-order valence-electron chi connectivity index (χ0n) is 11.8. The minimum absolute atomic E-state index is 0.0473. The van der Waals surface area contributed by atoms with Gasteiger partial charge in [-0.1, -0.05) is 17.3 Å². The van der Waals surface area contributed by atoms with E-state index in [1.807, 2.05) is 6.92 Å². The first-order valence-corrected chi connectivity index (χ1v) is 6.72. The molecule has 1 fully saturated rings. The van der Waals surface area contributed by atoms with E-state index in [1.165, 1.54) is 0 Å². The van der Waals surface area contributed by atoms with Crippen LogP contribution in [0, 0.1) is 5.92 Å². The van der Waals surface area contributed by atoms with Crippen molar-refractivity contribution in [1.29, 1.82) is 0 Å². The van der Waals surface area contributed by atoms with Gasteiger partial charge in [0.05, 0.1) is 17.7 Å². The first-order valence-electron chi connectivity index (χ1n) is 6.72. The van der Waals surface area contributed by atoms with Gasteiger partial charge in [0.2, 0.25) is 5.91 Å². The van der Waals surface area contributed by atoms with E-state index in [-0.39, 0.29) is 30.4 Å². The first-order chi connectivity index (χ1) is 10.1. The van der Waals surface area contributed by atoms with Gasteiger partial charge in [0.25, 0.3) is 0 Å². The van der Waals surface area contributed by atoms with Gasteiger partial charge in [-0.2, -0.15) is 0 Å². The molecule has 0 saturated carbocycles. The molecule has 1 aliphatic heterocycles. The van der Waals surface area contributed by atoms with Crippen LogP contribution in [0.5, 0.6) is 5.75 Å². The molecule has 1 aromatic carbocycles. The minimum atomic E-state index is -0.165. The van der Waals surface area contributed by atoms with Crippen LogP contribution in [0.4, 0.5) is 5.69 Å². The van der Waals surface area contributed by atoms with E-state index < -0.39 is 0 Å². The third-order valence-electron chi connectivity index (χ3n) is 3.36. The second-order valence-corrected chi connectivity index (χ2v) is 4.84. The maximum absolute atomic E-state index is 12.2. The zero-order valence-corrected chi connectivity index (χ0v) is 11.8. The first kappa shape index (κ1) is 15.1. The Kier molecular flexibility index (Phi) is 4.99. The van der Waals surface area contributed by atoms with Crippen molar-refractivity contribution >= 4 is 17.4 Å². The molecule has 0 bridgehead atoms. The van der Waals surface area contributed by atoms with E-state index in [1.54, 1.807) is 24.3 Å². The largest absolute Gasteiger partial charge is 0.483 e. The van der Waals surface area contributed by atoms with Crippen LogP contribution in [0.3, 0.4) is 0 Å². The lowest BCUT2D eigenvalue weighted by atomic mass is 10.0. The second kappa shape index (κ2) is 6.94. The van der Waals surface area contributed by atoms with E-state index in [9.17, 15) is 4.79 Å². The second-order valence-electron chi connectivity index (χ2n) is 4.84. The predicted octanol–water partition coefficient (Wildman–Crippen LogP) is 1.18. The van der Waals surface area contributed by atoms with E-state index >= 15 is 0 Å². The summed E-state index contributed by atoms with van der Waals surface area (Å²) in [5.74, 6) is 0.153. The highest BCUT2D eigenvalue weighted by molar-refractivity contribution is 5.94. The Morgan fingerprint density at radius 2 is 2.33 bits per heavy atom. The van der Waals surface area contributed by atoms with Gasteiger partial charge in [0.15, 0.2) is 5.84 Å². The molecule has 1 aliphatic rings. The molecule has 21 heavy (non-hydrogen) atoms. The van der Waals surface area contributed by atoms with Crippen molar-refractivity contribution in [2.75, 3.05) is 18.5 Å². The van der Waals surface area contributed by atoms with Crippen LogP contribution in [0.15, 0.2) is 29.4 Å². The van der Waals surface area contributed by atoms with Crippen molar-refractivity contribution in [3.63, 3.8) is 0 Å². The number of ether oxygens (including phenoxy) is 2. The number of hydrogen-bond donors (Lipinski definition) is 3. The van der Waals surface area contributed by atoms with Crippen molar-refractivity contribution < 1.29 is 19.5 Å². The SMILES string of the molecule is CC1OCCC1C(=O)Nc1ccccc1OCC(N)=NO. The molecule has 0 spiro atoms. The number of nitrogens with two attached hydrogens (primary N) is 1. The lowest BCUT2D eigenvalue weighted by Gasteiger charge is -2.16. The molecule has 114 valence electrons. The molecule has 2 rings (SSSR count).